The molecule has 0 unspecified atom stereocenters. The largest absolute Gasteiger partial charge is 0.352 e. The van der Waals surface area contributed by atoms with Crippen LogP contribution in [0.5, 0.6) is 0 Å². The topological polar surface area (TPSA) is 86.8 Å². The van der Waals surface area contributed by atoms with Crippen molar-refractivity contribution in [2.45, 2.75) is 83.3 Å². The van der Waals surface area contributed by atoms with Gasteiger partial charge in [0.25, 0.3) is 0 Å². The van der Waals surface area contributed by atoms with Crippen molar-refractivity contribution < 1.29 is 19.2 Å². The van der Waals surface area contributed by atoms with Gasteiger partial charge >= 0.3 is 0 Å². The van der Waals surface area contributed by atoms with Gasteiger partial charge in [-0.05, 0) is 49.8 Å². The molecule has 1 N–H and O–H groups in total. The van der Waals surface area contributed by atoms with E-state index in [1.54, 1.807) is 23.1 Å². The number of amides is 4. The van der Waals surface area contributed by atoms with E-state index in [2.05, 4.69) is 5.32 Å². The average Bonchev–Trinajstić information content (AvgIpc) is 3.14. The van der Waals surface area contributed by atoms with Gasteiger partial charge in [0, 0.05) is 25.6 Å². The predicted octanol–water partition coefficient (Wildman–Crippen LogP) is 4.89. The van der Waals surface area contributed by atoms with E-state index in [1.165, 1.54) is 11.3 Å². The Morgan fingerprint density at radius 2 is 1.68 bits per heavy atom. The summed E-state index contributed by atoms with van der Waals surface area (Å²) in [5.41, 5.74) is 0.747. The number of fused-ring (bicyclic) bond motifs is 1. The summed E-state index contributed by atoms with van der Waals surface area (Å²) in [7, 11) is 0. The zero-order chi connectivity index (χ0) is 26.5. The fourth-order valence-corrected chi connectivity index (χ4v) is 6.06. The van der Waals surface area contributed by atoms with E-state index in [4.69, 9.17) is 23.2 Å². The van der Waals surface area contributed by atoms with Crippen molar-refractivity contribution in [1.82, 2.24) is 15.1 Å². The minimum absolute atomic E-state index is 0.0159. The Hall–Kier alpha value is -2.38. The maximum atomic E-state index is 13.6. The Balaban J connectivity index is 1.49. The maximum absolute atomic E-state index is 13.6. The van der Waals surface area contributed by atoms with Crippen LogP contribution in [0.1, 0.15) is 70.3 Å². The predicted molar refractivity (Wildman–Crippen MR) is 143 cm³/mol. The lowest BCUT2D eigenvalue weighted by Gasteiger charge is -2.33. The summed E-state index contributed by atoms with van der Waals surface area (Å²) in [5, 5.41) is 3.93. The third-order valence-electron chi connectivity index (χ3n) is 7.82. The molecule has 37 heavy (non-hydrogen) atoms. The molecule has 3 atom stereocenters. The first-order chi connectivity index (χ1) is 17.8. The molecule has 200 valence electrons. The van der Waals surface area contributed by atoms with Crippen LogP contribution in [0, 0.1) is 11.8 Å². The van der Waals surface area contributed by atoms with Crippen LogP contribution >= 0.6 is 23.2 Å². The van der Waals surface area contributed by atoms with Gasteiger partial charge < -0.3 is 10.2 Å². The molecule has 1 aromatic carbocycles. The molecule has 1 heterocycles. The van der Waals surface area contributed by atoms with Gasteiger partial charge in [0.1, 0.15) is 6.04 Å². The number of hydrogen-bond acceptors (Lipinski definition) is 4. The van der Waals surface area contributed by atoms with Crippen molar-refractivity contribution in [2.75, 3.05) is 6.54 Å². The molecule has 1 aliphatic heterocycles. The van der Waals surface area contributed by atoms with E-state index in [-0.39, 0.29) is 61.0 Å². The fraction of sp³-hybridized carbons (Fsp3) is 0.571. The number of halogens is 2. The molecule has 0 aromatic heterocycles. The molecule has 3 aliphatic rings. The van der Waals surface area contributed by atoms with Gasteiger partial charge in [-0.3, -0.25) is 24.1 Å². The van der Waals surface area contributed by atoms with Crippen molar-refractivity contribution >= 4 is 46.8 Å². The Kier molecular flexibility index (Phi) is 9.30. The average molecular weight is 549 g/mol. The van der Waals surface area contributed by atoms with Crippen molar-refractivity contribution in [2.24, 2.45) is 11.8 Å². The van der Waals surface area contributed by atoms with Crippen LogP contribution in [-0.2, 0) is 25.7 Å². The van der Waals surface area contributed by atoms with Crippen molar-refractivity contribution in [3.05, 3.63) is 46.0 Å². The monoisotopic (exact) mass is 547 g/mol. The Bertz CT molecular complexity index is 1040. The van der Waals surface area contributed by atoms with Crippen LogP contribution in [0.3, 0.4) is 0 Å². The molecular weight excluding hydrogens is 513 g/mol. The summed E-state index contributed by atoms with van der Waals surface area (Å²) in [5.74, 6) is -1.52. The number of hydrogen-bond donors (Lipinski definition) is 1. The Morgan fingerprint density at radius 1 is 1.03 bits per heavy atom. The highest BCUT2D eigenvalue weighted by Gasteiger charge is 2.47. The minimum Gasteiger partial charge on any atom is -0.352 e. The van der Waals surface area contributed by atoms with Gasteiger partial charge in [-0.1, -0.05) is 67.6 Å². The lowest BCUT2D eigenvalue weighted by molar-refractivity contribution is -0.144. The molecule has 4 amide bonds. The molecule has 2 fully saturated rings. The molecular formula is C28H35Cl2N3O4. The number of benzene rings is 1. The summed E-state index contributed by atoms with van der Waals surface area (Å²) < 4.78 is 0. The maximum Gasteiger partial charge on any atom is 0.243 e. The van der Waals surface area contributed by atoms with Gasteiger partial charge in [-0.25, -0.2) is 0 Å². The van der Waals surface area contributed by atoms with Crippen molar-refractivity contribution in [1.29, 1.82) is 0 Å². The summed E-state index contributed by atoms with van der Waals surface area (Å²) in [4.78, 5) is 55.5. The second kappa shape index (κ2) is 12.4. The van der Waals surface area contributed by atoms with Crippen LogP contribution in [0.4, 0.5) is 0 Å². The SMILES string of the molecule is CC[C@H](C(=O)NC1CCCCC1)N(Cc1ccc(Cl)c(Cl)c1)C(=O)CCN1C(=O)[C@H]2CC=CC[C@H]2C1=O. The number of allylic oxidation sites excluding steroid dienone is 2. The van der Waals surface area contributed by atoms with E-state index in [0.29, 0.717) is 29.3 Å². The molecule has 7 nitrogen and oxygen atoms in total. The molecule has 1 aromatic rings. The Morgan fingerprint density at radius 3 is 2.27 bits per heavy atom. The van der Waals surface area contributed by atoms with Crippen LogP contribution < -0.4 is 5.32 Å². The second-order valence-corrected chi connectivity index (χ2v) is 11.1. The van der Waals surface area contributed by atoms with Crippen LogP contribution in [0.2, 0.25) is 10.0 Å². The number of likely N-dealkylation sites (tertiary alicyclic amines) is 1. The van der Waals surface area contributed by atoms with Crippen LogP contribution in [0.15, 0.2) is 30.4 Å². The van der Waals surface area contributed by atoms with E-state index in [1.807, 2.05) is 19.1 Å². The summed E-state index contributed by atoms with van der Waals surface area (Å²) >= 11 is 12.3. The van der Waals surface area contributed by atoms with Gasteiger partial charge in [0.2, 0.25) is 23.6 Å². The molecule has 9 heteroatoms. The molecule has 0 radical (unpaired) electrons. The standard InChI is InChI=1S/C28H35Cl2N3O4/c1-2-24(26(35)31-19-8-4-3-5-9-19)33(17-18-12-13-22(29)23(30)16-18)25(34)14-15-32-27(36)20-10-6-7-11-21(20)28(32)37/h6-7,12-13,16,19-21,24H,2-5,8-11,14-15,17H2,1H3,(H,31,35)/t20-,21+,24-/m1/s1. The van der Waals surface area contributed by atoms with Crippen LogP contribution in [-0.4, -0.2) is 52.1 Å². The molecule has 4 rings (SSSR count). The summed E-state index contributed by atoms with van der Waals surface area (Å²) in [6.07, 6.45) is 10.6. The zero-order valence-electron chi connectivity index (χ0n) is 21.3. The molecule has 0 spiro atoms. The summed E-state index contributed by atoms with van der Waals surface area (Å²) in [6, 6.07) is 4.59. The summed E-state index contributed by atoms with van der Waals surface area (Å²) in [6.45, 7) is 2.07. The lowest BCUT2D eigenvalue weighted by atomic mass is 9.85. The number of carbonyl (C=O) groups is 4. The van der Waals surface area contributed by atoms with Gasteiger partial charge in [-0.2, -0.15) is 0 Å². The Labute approximate surface area is 228 Å². The normalized spacial score (nSPS) is 22.6. The number of imide groups is 1. The van der Waals surface area contributed by atoms with Crippen molar-refractivity contribution in [3.63, 3.8) is 0 Å². The number of carbonyl (C=O) groups excluding carboxylic acids is 4. The zero-order valence-corrected chi connectivity index (χ0v) is 22.8. The first-order valence-corrected chi connectivity index (χ1v) is 14.1. The molecule has 2 aliphatic carbocycles. The lowest BCUT2D eigenvalue weighted by Crippen LogP contribution is -2.52. The molecule has 1 saturated carbocycles. The minimum atomic E-state index is -0.680. The number of nitrogens with zero attached hydrogens (tertiary/aromatic N) is 2. The van der Waals surface area contributed by atoms with E-state index < -0.39 is 6.04 Å². The van der Waals surface area contributed by atoms with Gasteiger partial charge in [0.05, 0.1) is 21.9 Å². The highest BCUT2D eigenvalue weighted by atomic mass is 35.5. The van der Waals surface area contributed by atoms with Crippen LogP contribution in [0.25, 0.3) is 0 Å². The van der Waals surface area contributed by atoms with E-state index in [0.717, 1.165) is 31.2 Å². The quantitative estimate of drug-likeness (QED) is 0.352. The highest BCUT2D eigenvalue weighted by molar-refractivity contribution is 6.42. The van der Waals surface area contributed by atoms with Crippen molar-refractivity contribution in [3.8, 4) is 0 Å². The molecule has 1 saturated heterocycles. The molecule has 0 bridgehead atoms. The third-order valence-corrected chi connectivity index (χ3v) is 8.56. The number of rotatable bonds is 9. The highest BCUT2D eigenvalue weighted by Crippen LogP contribution is 2.35. The van der Waals surface area contributed by atoms with E-state index in [9.17, 15) is 19.2 Å². The second-order valence-electron chi connectivity index (χ2n) is 10.3. The first-order valence-electron chi connectivity index (χ1n) is 13.3. The van der Waals surface area contributed by atoms with E-state index >= 15 is 0 Å². The smallest absolute Gasteiger partial charge is 0.243 e. The van der Waals surface area contributed by atoms with Gasteiger partial charge in [0.15, 0.2) is 0 Å². The number of nitrogens with one attached hydrogen (secondary N) is 1. The van der Waals surface area contributed by atoms with Gasteiger partial charge in [-0.15, -0.1) is 0 Å². The fourth-order valence-electron chi connectivity index (χ4n) is 5.74. The first kappa shape index (κ1) is 27.6. The third kappa shape index (κ3) is 6.37.